The van der Waals surface area contributed by atoms with E-state index >= 15 is 0 Å². The van der Waals surface area contributed by atoms with Crippen LogP contribution in [0, 0.1) is 13.8 Å². The van der Waals surface area contributed by atoms with E-state index in [1.807, 2.05) is 27.8 Å². The predicted molar refractivity (Wildman–Crippen MR) is 93.8 cm³/mol. The third-order valence-electron chi connectivity index (χ3n) is 3.72. The number of rotatable bonds is 7. The van der Waals surface area contributed by atoms with Gasteiger partial charge in [-0.2, -0.15) is 10.2 Å². The minimum Gasteiger partial charge on any atom is -0.452 e. The molecule has 0 saturated heterocycles. The van der Waals surface area contributed by atoms with E-state index in [9.17, 15) is 9.59 Å². The zero-order valence-electron chi connectivity index (χ0n) is 14.9. The maximum atomic E-state index is 11.9. The van der Waals surface area contributed by atoms with Crippen molar-refractivity contribution in [3.63, 3.8) is 0 Å². The third kappa shape index (κ3) is 4.79. The Morgan fingerprint density at radius 3 is 2.76 bits per heavy atom. The highest BCUT2D eigenvalue weighted by molar-refractivity contribution is 5.94. The first kappa shape index (κ1) is 18.4. The van der Waals surface area contributed by atoms with E-state index in [1.165, 1.54) is 6.08 Å². The van der Waals surface area contributed by atoms with Gasteiger partial charge in [0.1, 0.15) is 5.82 Å². The van der Waals surface area contributed by atoms with Crippen LogP contribution in [0.15, 0.2) is 18.3 Å². The van der Waals surface area contributed by atoms with Gasteiger partial charge in [-0.1, -0.05) is 6.92 Å². The van der Waals surface area contributed by atoms with Gasteiger partial charge in [-0.05, 0) is 26.3 Å². The summed E-state index contributed by atoms with van der Waals surface area (Å²) in [5.74, 6) is -0.409. The highest BCUT2D eigenvalue weighted by Gasteiger charge is 2.10. The average Bonchev–Trinajstić information content (AvgIpc) is 3.09. The Bertz CT molecular complexity index is 788. The first-order valence-corrected chi connectivity index (χ1v) is 8.09. The van der Waals surface area contributed by atoms with Crippen molar-refractivity contribution < 1.29 is 14.3 Å². The molecule has 0 bridgehead atoms. The molecule has 1 amide bonds. The van der Waals surface area contributed by atoms with Crippen LogP contribution in [-0.2, 0) is 27.9 Å². The SMILES string of the molecule is CCCn1nccc1NC(=O)COC(=O)/C=C/c1c(C)nn(C)c1C. The van der Waals surface area contributed by atoms with Crippen LogP contribution in [0.4, 0.5) is 5.82 Å². The quantitative estimate of drug-likeness (QED) is 0.611. The number of nitrogens with one attached hydrogen (secondary N) is 1. The molecular weight excluding hydrogens is 322 g/mol. The Morgan fingerprint density at radius 2 is 2.12 bits per heavy atom. The topological polar surface area (TPSA) is 91.0 Å². The third-order valence-corrected chi connectivity index (χ3v) is 3.72. The lowest BCUT2D eigenvalue weighted by molar-refractivity contribution is -0.142. The lowest BCUT2D eigenvalue weighted by Gasteiger charge is -2.07. The molecule has 0 spiro atoms. The largest absolute Gasteiger partial charge is 0.452 e. The van der Waals surface area contributed by atoms with Crippen molar-refractivity contribution in [2.24, 2.45) is 7.05 Å². The molecule has 25 heavy (non-hydrogen) atoms. The summed E-state index contributed by atoms with van der Waals surface area (Å²) >= 11 is 0. The van der Waals surface area contributed by atoms with Crippen molar-refractivity contribution >= 4 is 23.8 Å². The Balaban J connectivity index is 1.86. The molecule has 0 saturated carbocycles. The fourth-order valence-corrected chi connectivity index (χ4v) is 2.38. The molecule has 2 heterocycles. The van der Waals surface area contributed by atoms with Crippen LogP contribution in [0.25, 0.3) is 6.08 Å². The molecular formula is C17H23N5O3. The number of amides is 1. The van der Waals surface area contributed by atoms with Crippen molar-refractivity contribution in [1.82, 2.24) is 19.6 Å². The van der Waals surface area contributed by atoms with Crippen molar-refractivity contribution in [3.05, 3.63) is 35.3 Å². The van der Waals surface area contributed by atoms with Crippen molar-refractivity contribution in [1.29, 1.82) is 0 Å². The molecule has 8 heteroatoms. The second-order valence-corrected chi connectivity index (χ2v) is 5.64. The number of hydrogen-bond acceptors (Lipinski definition) is 5. The molecule has 134 valence electrons. The van der Waals surface area contributed by atoms with Gasteiger partial charge in [-0.15, -0.1) is 0 Å². The summed E-state index contributed by atoms with van der Waals surface area (Å²) in [5, 5.41) is 11.1. The minimum atomic E-state index is -0.583. The van der Waals surface area contributed by atoms with Crippen LogP contribution in [0.3, 0.4) is 0 Å². The smallest absolute Gasteiger partial charge is 0.331 e. The molecule has 8 nitrogen and oxygen atoms in total. The molecule has 0 aliphatic rings. The van der Waals surface area contributed by atoms with E-state index in [2.05, 4.69) is 15.5 Å². The fourth-order valence-electron chi connectivity index (χ4n) is 2.38. The van der Waals surface area contributed by atoms with E-state index in [1.54, 1.807) is 27.7 Å². The lowest BCUT2D eigenvalue weighted by Crippen LogP contribution is -2.22. The standard InChI is InChI=1S/C17H23N5O3/c1-5-10-22-15(8-9-18-22)19-16(23)11-25-17(24)7-6-14-12(2)20-21(4)13(14)3/h6-9H,5,10-11H2,1-4H3,(H,19,23)/b7-6+. The maximum Gasteiger partial charge on any atom is 0.331 e. The molecule has 0 unspecified atom stereocenters. The monoisotopic (exact) mass is 345 g/mol. The first-order chi connectivity index (χ1) is 11.9. The van der Waals surface area contributed by atoms with Gasteiger partial charge in [0.05, 0.1) is 11.9 Å². The predicted octanol–water partition coefficient (Wildman–Crippen LogP) is 1.84. The number of carbonyl (C=O) groups excluding carboxylic acids is 2. The number of carbonyl (C=O) groups is 2. The van der Waals surface area contributed by atoms with Gasteiger partial charge < -0.3 is 10.1 Å². The van der Waals surface area contributed by atoms with Crippen LogP contribution >= 0.6 is 0 Å². The number of nitrogens with zero attached hydrogens (tertiary/aromatic N) is 4. The van der Waals surface area contributed by atoms with Gasteiger partial charge in [0, 0.05) is 37.0 Å². The normalized spacial score (nSPS) is 11.0. The summed E-state index contributed by atoms with van der Waals surface area (Å²) < 4.78 is 8.40. The summed E-state index contributed by atoms with van der Waals surface area (Å²) in [6.07, 6.45) is 5.45. The number of hydrogen-bond donors (Lipinski definition) is 1. The molecule has 2 rings (SSSR count). The van der Waals surface area contributed by atoms with E-state index in [0.717, 1.165) is 23.4 Å². The van der Waals surface area contributed by atoms with E-state index in [4.69, 9.17) is 4.74 Å². The second kappa shape index (κ2) is 8.27. The van der Waals surface area contributed by atoms with Gasteiger partial charge in [0.2, 0.25) is 0 Å². The van der Waals surface area contributed by atoms with Gasteiger partial charge in [0.15, 0.2) is 6.61 Å². The van der Waals surface area contributed by atoms with E-state index < -0.39 is 11.9 Å². The molecule has 0 fully saturated rings. The molecule has 0 atom stereocenters. The summed E-state index contributed by atoms with van der Waals surface area (Å²) in [7, 11) is 1.84. The number of anilines is 1. The Morgan fingerprint density at radius 1 is 1.36 bits per heavy atom. The van der Waals surface area contributed by atoms with Crippen molar-refractivity contribution in [2.45, 2.75) is 33.7 Å². The fraction of sp³-hybridized carbons (Fsp3) is 0.412. The van der Waals surface area contributed by atoms with Gasteiger partial charge in [-0.25, -0.2) is 9.48 Å². The summed E-state index contributed by atoms with van der Waals surface area (Å²) in [6.45, 7) is 6.15. The molecule has 0 radical (unpaired) electrons. The number of aryl methyl sites for hydroxylation is 3. The van der Waals surface area contributed by atoms with E-state index in [-0.39, 0.29) is 6.61 Å². The second-order valence-electron chi connectivity index (χ2n) is 5.64. The number of aromatic nitrogens is 4. The summed E-state index contributed by atoms with van der Waals surface area (Å²) in [6, 6.07) is 1.70. The molecule has 2 aromatic rings. The molecule has 0 aliphatic heterocycles. The van der Waals surface area contributed by atoms with Crippen LogP contribution < -0.4 is 5.32 Å². The van der Waals surface area contributed by atoms with Gasteiger partial charge in [0.25, 0.3) is 5.91 Å². The zero-order valence-corrected chi connectivity index (χ0v) is 14.9. The Kier molecular flexibility index (Phi) is 6.10. The van der Waals surface area contributed by atoms with Gasteiger partial charge >= 0.3 is 5.97 Å². The van der Waals surface area contributed by atoms with Crippen LogP contribution in [-0.4, -0.2) is 38.0 Å². The van der Waals surface area contributed by atoms with Crippen LogP contribution in [0.1, 0.15) is 30.3 Å². The lowest BCUT2D eigenvalue weighted by atomic mass is 10.2. The van der Waals surface area contributed by atoms with Crippen LogP contribution in [0.2, 0.25) is 0 Å². The maximum absolute atomic E-state index is 11.9. The number of esters is 1. The molecule has 0 aromatic carbocycles. The Labute approximate surface area is 146 Å². The van der Waals surface area contributed by atoms with Crippen molar-refractivity contribution in [2.75, 3.05) is 11.9 Å². The first-order valence-electron chi connectivity index (χ1n) is 8.09. The highest BCUT2D eigenvalue weighted by Crippen LogP contribution is 2.13. The summed E-state index contributed by atoms with van der Waals surface area (Å²) in [5.41, 5.74) is 2.64. The molecule has 2 aromatic heterocycles. The molecule has 0 aliphatic carbocycles. The highest BCUT2D eigenvalue weighted by atomic mass is 16.5. The summed E-state index contributed by atoms with van der Waals surface area (Å²) in [4.78, 5) is 23.7. The minimum absolute atomic E-state index is 0.356. The van der Waals surface area contributed by atoms with Crippen molar-refractivity contribution in [3.8, 4) is 0 Å². The average molecular weight is 345 g/mol. The van der Waals surface area contributed by atoms with E-state index in [0.29, 0.717) is 12.4 Å². The number of ether oxygens (including phenoxy) is 1. The zero-order chi connectivity index (χ0) is 18.4. The van der Waals surface area contributed by atoms with Crippen LogP contribution in [0.5, 0.6) is 0 Å². The van der Waals surface area contributed by atoms with Gasteiger partial charge in [-0.3, -0.25) is 9.48 Å². The Hall–Kier alpha value is -2.90. The molecule has 1 N–H and O–H groups in total.